The van der Waals surface area contributed by atoms with E-state index in [4.69, 9.17) is 0 Å². The molecule has 1 rings (SSSR count). The maximum Gasteiger partial charge on any atom is 0.413 e. The van der Waals surface area contributed by atoms with Crippen molar-refractivity contribution in [2.75, 3.05) is 26.7 Å². The van der Waals surface area contributed by atoms with Gasteiger partial charge in [0.15, 0.2) is 0 Å². The van der Waals surface area contributed by atoms with E-state index in [9.17, 15) is 9.59 Å². The van der Waals surface area contributed by atoms with Crippen molar-refractivity contribution in [1.29, 1.82) is 0 Å². The van der Waals surface area contributed by atoms with Gasteiger partial charge in [0, 0.05) is 25.2 Å². The van der Waals surface area contributed by atoms with Crippen LogP contribution in [0.1, 0.15) is 13.8 Å². The van der Waals surface area contributed by atoms with Crippen molar-refractivity contribution in [3.8, 4) is 0 Å². The van der Waals surface area contributed by atoms with Gasteiger partial charge in [0.05, 0.1) is 13.7 Å². The number of alkyl carbamates (subject to hydrolysis) is 1. The first-order valence-corrected chi connectivity index (χ1v) is 5.38. The van der Waals surface area contributed by atoms with E-state index in [0.717, 1.165) is 13.1 Å². The van der Waals surface area contributed by atoms with E-state index in [1.165, 1.54) is 7.11 Å². The molecule has 0 radical (unpaired) electrons. The number of carbonyl (C=O) groups is 2. The maximum absolute atomic E-state index is 11.5. The number of carbonyl (C=O) groups excluding carboxylic acids is 2. The molecule has 0 spiro atoms. The van der Waals surface area contributed by atoms with Gasteiger partial charge in [0.1, 0.15) is 0 Å². The summed E-state index contributed by atoms with van der Waals surface area (Å²) in [6.07, 6.45) is -0.708. The van der Waals surface area contributed by atoms with Crippen molar-refractivity contribution in [2.45, 2.75) is 25.9 Å². The van der Waals surface area contributed by atoms with Gasteiger partial charge in [-0.1, -0.05) is 0 Å². The zero-order valence-electron chi connectivity index (χ0n) is 9.95. The van der Waals surface area contributed by atoms with E-state index in [2.05, 4.69) is 22.3 Å². The Morgan fingerprint density at radius 3 is 2.81 bits per heavy atom. The highest BCUT2D eigenvalue weighted by molar-refractivity contribution is 5.92. The lowest BCUT2D eigenvalue weighted by Gasteiger charge is -2.36. The van der Waals surface area contributed by atoms with Crippen LogP contribution in [0.2, 0.25) is 0 Å². The summed E-state index contributed by atoms with van der Waals surface area (Å²) >= 11 is 0. The fraction of sp³-hybridized carbons (Fsp3) is 0.800. The zero-order valence-corrected chi connectivity index (χ0v) is 9.95. The second kappa shape index (κ2) is 5.81. The van der Waals surface area contributed by atoms with Crippen LogP contribution in [0, 0.1) is 0 Å². The lowest BCUT2D eigenvalue weighted by Crippen LogP contribution is -2.56. The van der Waals surface area contributed by atoms with Gasteiger partial charge in [-0.3, -0.25) is 15.0 Å². The number of piperazine rings is 1. The summed E-state index contributed by atoms with van der Waals surface area (Å²) in [4.78, 5) is 24.3. The van der Waals surface area contributed by atoms with Crippen LogP contribution < -0.4 is 10.6 Å². The molecule has 2 N–H and O–H groups in total. The number of imide groups is 1. The van der Waals surface area contributed by atoms with Gasteiger partial charge in [-0.25, -0.2) is 4.79 Å². The molecule has 0 saturated carbocycles. The molecule has 16 heavy (non-hydrogen) atoms. The maximum atomic E-state index is 11.5. The topological polar surface area (TPSA) is 70.7 Å². The first-order chi connectivity index (χ1) is 7.52. The van der Waals surface area contributed by atoms with Crippen LogP contribution in [-0.4, -0.2) is 55.7 Å². The number of hydrogen-bond acceptors (Lipinski definition) is 5. The first-order valence-electron chi connectivity index (χ1n) is 5.38. The standard InChI is InChI=1S/C10H19N3O3/c1-7-5-13(8(2)4-11-7)6-9(14)12-10(15)16-3/h7-8,11H,4-6H2,1-3H3,(H,12,14,15). The Hall–Kier alpha value is -1.14. The molecular formula is C10H19N3O3. The number of amides is 2. The van der Waals surface area contributed by atoms with Gasteiger partial charge < -0.3 is 10.1 Å². The van der Waals surface area contributed by atoms with Crippen molar-refractivity contribution >= 4 is 12.0 Å². The molecule has 6 heteroatoms. The summed E-state index contributed by atoms with van der Waals surface area (Å²) in [5, 5.41) is 5.47. The van der Waals surface area contributed by atoms with E-state index in [1.54, 1.807) is 0 Å². The Kier molecular flexibility index (Phi) is 4.70. The van der Waals surface area contributed by atoms with Crippen LogP contribution in [0.3, 0.4) is 0 Å². The SMILES string of the molecule is COC(=O)NC(=O)CN1CC(C)NCC1C. The second-order valence-electron chi connectivity index (χ2n) is 4.13. The second-order valence-corrected chi connectivity index (χ2v) is 4.13. The predicted octanol–water partition coefficient (Wildman–Crippen LogP) is -0.449. The lowest BCUT2D eigenvalue weighted by atomic mass is 10.1. The fourth-order valence-electron chi connectivity index (χ4n) is 1.71. The Morgan fingerprint density at radius 1 is 1.50 bits per heavy atom. The predicted molar refractivity (Wildman–Crippen MR) is 59.0 cm³/mol. The zero-order chi connectivity index (χ0) is 12.1. The number of nitrogens with zero attached hydrogens (tertiary/aromatic N) is 1. The van der Waals surface area contributed by atoms with E-state index < -0.39 is 6.09 Å². The molecule has 2 amide bonds. The van der Waals surface area contributed by atoms with E-state index in [-0.39, 0.29) is 12.5 Å². The molecule has 0 aromatic heterocycles. The summed E-state index contributed by atoms with van der Waals surface area (Å²) in [6, 6.07) is 0.654. The van der Waals surface area contributed by atoms with Crippen molar-refractivity contribution in [3.05, 3.63) is 0 Å². The minimum Gasteiger partial charge on any atom is -0.453 e. The van der Waals surface area contributed by atoms with Crippen LogP contribution in [0.4, 0.5) is 4.79 Å². The summed E-state index contributed by atoms with van der Waals surface area (Å²) < 4.78 is 4.36. The molecule has 1 fully saturated rings. The Labute approximate surface area is 95.3 Å². The van der Waals surface area contributed by atoms with E-state index in [1.807, 2.05) is 11.8 Å². The molecule has 2 unspecified atom stereocenters. The molecule has 1 saturated heterocycles. The number of nitrogens with one attached hydrogen (secondary N) is 2. The normalized spacial score (nSPS) is 26.2. The molecule has 6 nitrogen and oxygen atoms in total. The monoisotopic (exact) mass is 229 g/mol. The van der Waals surface area contributed by atoms with Gasteiger partial charge in [-0.15, -0.1) is 0 Å². The molecular weight excluding hydrogens is 210 g/mol. The average Bonchev–Trinajstić information content (AvgIpc) is 2.23. The van der Waals surface area contributed by atoms with Gasteiger partial charge in [0.2, 0.25) is 5.91 Å². The largest absolute Gasteiger partial charge is 0.453 e. The van der Waals surface area contributed by atoms with Gasteiger partial charge in [0.25, 0.3) is 0 Å². The summed E-state index contributed by atoms with van der Waals surface area (Å²) in [6.45, 7) is 5.99. The molecule has 92 valence electrons. The third kappa shape index (κ3) is 3.79. The Bertz CT molecular complexity index is 270. The molecule has 1 heterocycles. The fourth-order valence-corrected chi connectivity index (χ4v) is 1.71. The van der Waals surface area contributed by atoms with Crippen LogP contribution >= 0.6 is 0 Å². The van der Waals surface area contributed by atoms with Crippen molar-refractivity contribution in [3.63, 3.8) is 0 Å². The highest BCUT2D eigenvalue weighted by Crippen LogP contribution is 2.05. The number of rotatable bonds is 2. The minimum absolute atomic E-state index is 0.224. The summed E-state index contributed by atoms with van der Waals surface area (Å²) in [5.74, 6) is -0.326. The minimum atomic E-state index is -0.708. The lowest BCUT2D eigenvalue weighted by molar-refractivity contribution is -0.122. The van der Waals surface area contributed by atoms with Crippen LogP contribution in [0.5, 0.6) is 0 Å². The summed E-state index contributed by atoms with van der Waals surface area (Å²) in [5.41, 5.74) is 0. The molecule has 0 aliphatic carbocycles. The number of hydrogen-bond donors (Lipinski definition) is 2. The third-order valence-corrected chi connectivity index (χ3v) is 2.67. The highest BCUT2D eigenvalue weighted by atomic mass is 16.5. The third-order valence-electron chi connectivity index (χ3n) is 2.67. The molecule has 0 aromatic rings. The molecule has 1 aliphatic rings. The molecule has 1 aliphatic heterocycles. The van der Waals surface area contributed by atoms with Gasteiger partial charge >= 0.3 is 6.09 Å². The quantitative estimate of drug-likeness (QED) is 0.671. The van der Waals surface area contributed by atoms with Crippen molar-refractivity contribution in [2.24, 2.45) is 0 Å². The Morgan fingerprint density at radius 2 is 2.19 bits per heavy atom. The smallest absolute Gasteiger partial charge is 0.413 e. The molecule has 0 bridgehead atoms. The molecule has 0 aromatic carbocycles. The van der Waals surface area contributed by atoms with Crippen LogP contribution in [0.25, 0.3) is 0 Å². The Balaban J connectivity index is 2.39. The van der Waals surface area contributed by atoms with E-state index in [0.29, 0.717) is 12.1 Å². The van der Waals surface area contributed by atoms with Gasteiger partial charge in [-0.2, -0.15) is 0 Å². The number of ether oxygens (including phenoxy) is 1. The van der Waals surface area contributed by atoms with Crippen molar-refractivity contribution in [1.82, 2.24) is 15.5 Å². The van der Waals surface area contributed by atoms with Gasteiger partial charge in [-0.05, 0) is 13.8 Å². The van der Waals surface area contributed by atoms with Crippen LogP contribution in [0.15, 0.2) is 0 Å². The van der Waals surface area contributed by atoms with Crippen LogP contribution in [-0.2, 0) is 9.53 Å². The summed E-state index contributed by atoms with van der Waals surface area (Å²) in [7, 11) is 1.23. The highest BCUT2D eigenvalue weighted by Gasteiger charge is 2.24. The first kappa shape index (κ1) is 12.9. The van der Waals surface area contributed by atoms with Crippen molar-refractivity contribution < 1.29 is 14.3 Å². The average molecular weight is 229 g/mol. The molecule has 2 atom stereocenters. The number of methoxy groups -OCH3 is 1. The van der Waals surface area contributed by atoms with E-state index >= 15 is 0 Å².